The van der Waals surface area contributed by atoms with E-state index in [0.29, 0.717) is 17.9 Å². The molecule has 0 amide bonds. The predicted molar refractivity (Wildman–Crippen MR) is 48.3 cm³/mol. The second kappa shape index (κ2) is 5.67. The predicted octanol–water partition coefficient (Wildman–Crippen LogP) is 1.23. The van der Waals surface area contributed by atoms with Gasteiger partial charge in [-0.3, -0.25) is 0 Å². The topological polar surface area (TPSA) is 32.7 Å². The highest BCUT2D eigenvalue weighted by Crippen LogP contribution is 2.27. The number of likely N-dealkylation sites (tertiary alicyclic amines) is 1. The van der Waals surface area contributed by atoms with Crippen LogP contribution in [-0.4, -0.2) is 49.2 Å². The molecule has 1 fully saturated rings. The van der Waals surface area contributed by atoms with E-state index in [1.54, 1.807) is 0 Å². The SMILES string of the molecule is OCCOCC1CCCN(C(F)(F)F)C1. The molecule has 0 aromatic heterocycles. The summed E-state index contributed by atoms with van der Waals surface area (Å²) in [6.07, 6.45) is -2.92. The molecule has 1 aliphatic rings. The Balaban J connectivity index is 2.29. The van der Waals surface area contributed by atoms with Crippen LogP contribution in [0.25, 0.3) is 0 Å². The van der Waals surface area contributed by atoms with Gasteiger partial charge in [0.25, 0.3) is 0 Å². The Hall–Kier alpha value is -0.330. The third-order valence-corrected chi connectivity index (χ3v) is 2.47. The quantitative estimate of drug-likeness (QED) is 0.579. The van der Waals surface area contributed by atoms with Crippen LogP contribution >= 0.6 is 0 Å². The molecule has 3 nitrogen and oxygen atoms in total. The highest BCUT2D eigenvalue weighted by molar-refractivity contribution is 4.74. The second-order valence-electron chi connectivity index (χ2n) is 3.72. The Morgan fingerprint density at radius 2 is 2.13 bits per heavy atom. The lowest BCUT2D eigenvalue weighted by Crippen LogP contribution is -2.45. The molecule has 1 rings (SSSR count). The molecule has 1 saturated heterocycles. The molecule has 1 heterocycles. The maximum atomic E-state index is 12.3. The number of hydrogen-bond acceptors (Lipinski definition) is 3. The lowest BCUT2D eigenvalue weighted by molar-refractivity contribution is -0.254. The second-order valence-corrected chi connectivity index (χ2v) is 3.72. The van der Waals surface area contributed by atoms with E-state index in [1.807, 2.05) is 0 Å². The Labute approximate surface area is 86.8 Å². The summed E-state index contributed by atoms with van der Waals surface area (Å²) in [6, 6.07) is 0. The van der Waals surface area contributed by atoms with Crippen molar-refractivity contribution in [1.29, 1.82) is 0 Å². The molecule has 1 N–H and O–H groups in total. The maximum Gasteiger partial charge on any atom is 0.459 e. The fraction of sp³-hybridized carbons (Fsp3) is 1.00. The lowest BCUT2D eigenvalue weighted by Gasteiger charge is -2.33. The zero-order valence-corrected chi connectivity index (χ0v) is 8.46. The Morgan fingerprint density at radius 3 is 2.73 bits per heavy atom. The van der Waals surface area contributed by atoms with Crippen molar-refractivity contribution < 1.29 is 23.0 Å². The van der Waals surface area contributed by atoms with Crippen LogP contribution in [0.15, 0.2) is 0 Å². The first kappa shape index (κ1) is 12.7. The first-order chi connectivity index (χ1) is 7.04. The molecule has 0 aliphatic carbocycles. The van der Waals surface area contributed by atoms with Gasteiger partial charge in [-0.2, -0.15) is 13.2 Å². The van der Waals surface area contributed by atoms with Crippen LogP contribution in [0.3, 0.4) is 0 Å². The van der Waals surface area contributed by atoms with E-state index in [0.717, 1.165) is 6.42 Å². The van der Waals surface area contributed by atoms with Gasteiger partial charge in [0, 0.05) is 13.1 Å². The number of rotatable bonds is 4. The molecule has 1 atom stereocenters. The molecule has 0 bridgehead atoms. The summed E-state index contributed by atoms with van der Waals surface area (Å²) < 4.78 is 42.1. The molecule has 90 valence electrons. The number of hydrogen-bond donors (Lipinski definition) is 1. The maximum absolute atomic E-state index is 12.3. The summed E-state index contributed by atoms with van der Waals surface area (Å²) in [5, 5.41) is 8.46. The van der Waals surface area contributed by atoms with Crippen LogP contribution in [-0.2, 0) is 4.74 Å². The fourth-order valence-corrected chi connectivity index (χ4v) is 1.75. The van der Waals surface area contributed by atoms with Gasteiger partial charge in [-0.15, -0.1) is 0 Å². The van der Waals surface area contributed by atoms with Crippen molar-refractivity contribution >= 4 is 0 Å². The molecule has 1 unspecified atom stereocenters. The van der Waals surface area contributed by atoms with Gasteiger partial charge in [0.15, 0.2) is 0 Å². The first-order valence-corrected chi connectivity index (χ1v) is 5.04. The summed E-state index contributed by atoms with van der Waals surface area (Å²) in [6.45, 7) is 0.500. The van der Waals surface area contributed by atoms with E-state index >= 15 is 0 Å². The Bertz CT molecular complexity index is 187. The van der Waals surface area contributed by atoms with Crippen molar-refractivity contribution in [2.24, 2.45) is 5.92 Å². The van der Waals surface area contributed by atoms with E-state index < -0.39 is 6.30 Å². The first-order valence-electron chi connectivity index (χ1n) is 5.04. The normalized spacial score (nSPS) is 24.4. The lowest BCUT2D eigenvalue weighted by atomic mass is 9.99. The highest BCUT2D eigenvalue weighted by atomic mass is 19.4. The zero-order chi connectivity index (χ0) is 11.3. The van der Waals surface area contributed by atoms with E-state index in [9.17, 15) is 13.2 Å². The summed E-state index contributed by atoms with van der Waals surface area (Å²) in [7, 11) is 0. The summed E-state index contributed by atoms with van der Waals surface area (Å²) >= 11 is 0. The van der Waals surface area contributed by atoms with E-state index in [-0.39, 0.29) is 32.2 Å². The molecule has 1 aliphatic heterocycles. The number of nitrogens with zero attached hydrogens (tertiary/aromatic N) is 1. The summed E-state index contributed by atoms with van der Waals surface area (Å²) in [5.74, 6) is -0.0769. The third kappa shape index (κ3) is 4.36. The average molecular weight is 227 g/mol. The van der Waals surface area contributed by atoms with Gasteiger partial charge in [-0.05, 0) is 18.8 Å². The minimum atomic E-state index is -4.23. The summed E-state index contributed by atoms with van der Waals surface area (Å²) in [5.41, 5.74) is 0. The Morgan fingerprint density at radius 1 is 1.40 bits per heavy atom. The molecule has 0 saturated carbocycles. The average Bonchev–Trinajstić information content (AvgIpc) is 2.17. The number of halogens is 3. The number of alkyl halides is 3. The zero-order valence-electron chi connectivity index (χ0n) is 8.46. The van der Waals surface area contributed by atoms with Crippen molar-refractivity contribution in [3.63, 3.8) is 0 Å². The molecule has 6 heteroatoms. The van der Waals surface area contributed by atoms with Crippen LogP contribution in [0.5, 0.6) is 0 Å². The molecular weight excluding hydrogens is 211 g/mol. The van der Waals surface area contributed by atoms with Crippen LogP contribution in [0.2, 0.25) is 0 Å². The molecule has 0 spiro atoms. The monoisotopic (exact) mass is 227 g/mol. The van der Waals surface area contributed by atoms with E-state index in [2.05, 4.69) is 0 Å². The van der Waals surface area contributed by atoms with Gasteiger partial charge in [-0.1, -0.05) is 0 Å². The van der Waals surface area contributed by atoms with Gasteiger partial charge in [0.05, 0.1) is 19.8 Å². The number of aliphatic hydroxyl groups excluding tert-OH is 1. The van der Waals surface area contributed by atoms with E-state index in [4.69, 9.17) is 9.84 Å². The number of piperidine rings is 1. The summed E-state index contributed by atoms with van der Waals surface area (Å²) in [4.78, 5) is 0.531. The molecular formula is C9H16F3NO2. The molecule has 0 aromatic rings. The van der Waals surface area contributed by atoms with Gasteiger partial charge in [0.2, 0.25) is 0 Å². The van der Waals surface area contributed by atoms with Crippen molar-refractivity contribution in [2.75, 3.05) is 32.9 Å². The van der Waals surface area contributed by atoms with Crippen molar-refractivity contribution in [1.82, 2.24) is 4.90 Å². The highest BCUT2D eigenvalue weighted by Gasteiger charge is 2.39. The minimum Gasteiger partial charge on any atom is -0.394 e. The molecule has 0 radical (unpaired) electrons. The smallest absolute Gasteiger partial charge is 0.394 e. The van der Waals surface area contributed by atoms with Crippen molar-refractivity contribution in [3.8, 4) is 0 Å². The minimum absolute atomic E-state index is 0.00886. The van der Waals surface area contributed by atoms with Crippen molar-refractivity contribution in [3.05, 3.63) is 0 Å². The van der Waals surface area contributed by atoms with Gasteiger partial charge < -0.3 is 9.84 Å². The van der Waals surface area contributed by atoms with E-state index in [1.165, 1.54) is 0 Å². The van der Waals surface area contributed by atoms with Crippen LogP contribution in [0.4, 0.5) is 13.2 Å². The Kier molecular flexibility index (Phi) is 4.82. The number of aliphatic hydroxyl groups is 1. The third-order valence-electron chi connectivity index (χ3n) is 2.47. The van der Waals surface area contributed by atoms with Gasteiger partial charge in [-0.25, -0.2) is 4.90 Å². The fourth-order valence-electron chi connectivity index (χ4n) is 1.75. The van der Waals surface area contributed by atoms with Crippen LogP contribution in [0, 0.1) is 5.92 Å². The van der Waals surface area contributed by atoms with Gasteiger partial charge >= 0.3 is 6.30 Å². The molecule has 15 heavy (non-hydrogen) atoms. The molecule has 0 aromatic carbocycles. The van der Waals surface area contributed by atoms with Crippen LogP contribution in [0.1, 0.15) is 12.8 Å². The van der Waals surface area contributed by atoms with Crippen LogP contribution < -0.4 is 0 Å². The largest absolute Gasteiger partial charge is 0.459 e. The van der Waals surface area contributed by atoms with Crippen molar-refractivity contribution in [2.45, 2.75) is 19.1 Å². The van der Waals surface area contributed by atoms with Gasteiger partial charge in [0.1, 0.15) is 0 Å². The number of ether oxygens (including phenoxy) is 1. The standard InChI is InChI=1S/C9H16F3NO2/c10-9(11,12)13-3-1-2-8(6-13)7-15-5-4-14/h8,14H,1-7H2.